The molecular weight excluding hydrogens is 136 g/mol. The van der Waals surface area contributed by atoms with Crippen molar-refractivity contribution in [3.63, 3.8) is 0 Å². The number of carbonyl (C=O) groups is 1. The molecule has 0 aliphatic heterocycles. The zero-order valence-corrected chi connectivity index (χ0v) is 7.01. The molecule has 0 unspecified atom stereocenters. The highest BCUT2D eigenvalue weighted by molar-refractivity contribution is 5.82. The molecule has 62 valence electrons. The molecular formula is C10H16O. The minimum Gasteiger partial charge on any atom is -0.299 e. The van der Waals surface area contributed by atoms with E-state index < -0.39 is 0 Å². The van der Waals surface area contributed by atoms with Crippen LogP contribution < -0.4 is 0 Å². The van der Waals surface area contributed by atoms with Gasteiger partial charge in [0.1, 0.15) is 5.78 Å². The molecule has 0 aromatic heterocycles. The quantitative estimate of drug-likeness (QED) is 0.568. The summed E-state index contributed by atoms with van der Waals surface area (Å²) in [7, 11) is 0. The first kappa shape index (κ1) is 8.51. The van der Waals surface area contributed by atoms with Crippen molar-refractivity contribution in [2.75, 3.05) is 0 Å². The monoisotopic (exact) mass is 152 g/mol. The summed E-state index contributed by atoms with van der Waals surface area (Å²) in [5.41, 5.74) is 0. The zero-order valence-electron chi connectivity index (χ0n) is 7.01. The lowest BCUT2D eigenvalue weighted by Gasteiger charge is -2.19. The van der Waals surface area contributed by atoms with E-state index >= 15 is 0 Å². The van der Waals surface area contributed by atoms with Gasteiger partial charge in [0.05, 0.1) is 0 Å². The van der Waals surface area contributed by atoms with Crippen LogP contribution in [0.3, 0.4) is 0 Å². The molecule has 0 heterocycles. The van der Waals surface area contributed by atoms with Crippen LogP contribution in [-0.2, 0) is 4.79 Å². The molecule has 1 nitrogen and oxygen atoms in total. The lowest BCUT2D eigenvalue weighted by atomic mass is 9.85. The first-order valence-electron chi connectivity index (χ1n) is 4.48. The van der Waals surface area contributed by atoms with Gasteiger partial charge >= 0.3 is 0 Å². The zero-order chi connectivity index (χ0) is 8.10. The van der Waals surface area contributed by atoms with E-state index in [0.29, 0.717) is 18.1 Å². The van der Waals surface area contributed by atoms with E-state index in [1.54, 1.807) is 6.08 Å². The Hall–Kier alpha value is -0.590. The summed E-state index contributed by atoms with van der Waals surface area (Å²) in [5.74, 6) is 0.765. The molecule has 1 aliphatic carbocycles. The fourth-order valence-electron chi connectivity index (χ4n) is 1.73. The molecule has 1 saturated carbocycles. The van der Waals surface area contributed by atoms with E-state index in [1.165, 1.54) is 19.3 Å². The van der Waals surface area contributed by atoms with E-state index in [0.717, 1.165) is 12.8 Å². The molecule has 1 fully saturated rings. The van der Waals surface area contributed by atoms with E-state index in [-0.39, 0.29) is 0 Å². The van der Waals surface area contributed by atoms with Gasteiger partial charge in [0.2, 0.25) is 0 Å². The second-order valence-corrected chi connectivity index (χ2v) is 3.29. The van der Waals surface area contributed by atoms with Gasteiger partial charge in [0, 0.05) is 12.3 Å². The van der Waals surface area contributed by atoms with Crippen molar-refractivity contribution in [2.45, 2.75) is 38.5 Å². The molecule has 1 aliphatic rings. The Bertz CT molecular complexity index is 143. The number of hydrogen-bond donors (Lipinski definition) is 0. The standard InChI is InChI=1S/C10H16O/c1-2-6-10(11)9-7-4-3-5-8-9/h2,9H,1,3-8H2. The summed E-state index contributed by atoms with van der Waals surface area (Å²) < 4.78 is 0. The lowest BCUT2D eigenvalue weighted by molar-refractivity contribution is -0.122. The second-order valence-electron chi connectivity index (χ2n) is 3.29. The number of allylic oxidation sites excluding steroid dienone is 1. The number of ketones is 1. The third kappa shape index (κ3) is 2.49. The number of hydrogen-bond acceptors (Lipinski definition) is 1. The molecule has 1 heteroatoms. The van der Waals surface area contributed by atoms with Crippen molar-refractivity contribution in [2.24, 2.45) is 5.92 Å². The van der Waals surface area contributed by atoms with Crippen molar-refractivity contribution < 1.29 is 4.79 Å². The molecule has 11 heavy (non-hydrogen) atoms. The molecule has 1 rings (SSSR count). The highest BCUT2D eigenvalue weighted by Gasteiger charge is 2.19. The Morgan fingerprint density at radius 1 is 1.36 bits per heavy atom. The van der Waals surface area contributed by atoms with Gasteiger partial charge in [-0.05, 0) is 12.8 Å². The number of rotatable bonds is 3. The Balaban J connectivity index is 2.32. The normalized spacial score (nSPS) is 19.6. The van der Waals surface area contributed by atoms with Gasteiger partial charge < -0.3 is 0 Å². The number of carbonyl (C=O) groups excluding carboxylic acids is 1. The smallest absolute Gasteiger partial charge is 0.139 e. The maximum Gasteiger partial charge on any atom is 0.139 e. The molecule has 0 N–H and O–H groups in total. The topological polar surface area (TPSA) is 17.1 Å². The highest BCUT2D eigenvalue weighted by Crippen LogP contribution is 2.25. The average molecular weight is 152 g/mol. The predicted molar refractivity (Wildman–Crippen MR) is 46.4 cm³/mol. The Morgan fingerprint density at radius 2 is 2.00 bits per heavy atom. The fourth-order valence-corrected chi connectivity index (χ4v) is 1.73. The van der Waals surface area contributed by atoms with Crippen molar-refractivity contribution in [3.8, 4) is 0 Å². The van der Waals surface area contributed by atoms with Crippen LogP contribution in [0.1, 0.15) is 38.5 Å². The Morgan fingerprint density at radius 3 is 2.55 bits per heavy atom. The van der Waals surface area contributed by atoms with Crippen molar-refractivity contribution in [1.29, 1.82) is 0 Å². The summed E-state index contributed by atoms with van der Waals surface area (Å²) in [4.78, 5) is 11.3. The average Bonchev–Trinajstić information content (AvgIpc) is 2.07. The largest absolute Gasteiger partial charge is 0.299 e. The maximum atomic E-state index is 11.3. The van der Waals surface area contributed by atoms with Gasteiger partial charge in [-0.3, -0.25) is 4.79 Å². The molecule has 0 bridgehead atoms. The van der Waals surface area contributed by atoms with Crippen LogP contribution in [-0.4, -0.2) is 5.78 Å². The van der Waals surface area contributed by atoms with Crippen LogP contribution in [0.25, 0.3) is 0 Å². The first-order valence-corrected chi connectivity index (χ1v) is 4.48. The van der Waals surface area contributed by atoms with Crippen LogP contribution >= 0.6 is 0 Å². The SMILES string of the molecule is C=CCC(=O)C1CCCCC1. The molecule has 0 atom stereocenters. The van der Waals surface area contributed by atoms with E-state index in [9.17, 15) is 4.79 Å². The minimum absolute atomic E-state index is 0.363. The Labute approximate surface area is 68.5 Å². The van der Waals surface area contributed by atoms with Crippen LogP contribution in [0.4, 0.5) is 0 Å². The van der Waals surface area contributed by atoms with Crippen molar-refractivity contribution in [3.05, 3.63) is 12.7 Å². The predicted octanol–water partition coefficient (Wildman–Crippen LogP) is 2.71. The Kier molecular flexibility index (Phi) is 3.34. The molecule has 0 aromatic carbocycles. The lowest BCUT2D eigenvalue weighted by Crippen LogP contribution is -2.16. The third-order valence-electron chi connectivity index (χ3n) is 2.41. The first-order chi connectivity index (χ1) is 5.34. The summed E-state index contributed by atoms with van der Waals surface area (Å²) in [6.45, 7) is 3.57. The summed E-state index contributed by atoms with van der Waals surface area (Å²) in [6, 6.07) is 0. The molecule has 0 spiro atoms. The van der Waals surface area contributed by atoms with Gasteiger partial charge in [0.25, 0.3) is 0 Å². The van der Waals surface area contributed by atoms with Crippen LogP contribution in [0.2, 0.25) is 0 Å². The van der Waals surface area contributed by atoms with Gasteiger partial charge in [0.15, 0.2) is 0 Å². The highest BCUT2D eigenvalue weighted by atomic mass is 16.1. The van der Waals surface area contributed by atoms with Gasteiger partial charge in [-0.15, -0.1) is 6.58 Å². The van der Waals surface area contributed by atoms with E-state index in [2.05, 4.69) is 6.58 Å². The third-order valence-corrected chi connectivity index (χ3v) is 2.41. The summed E-state index contributed by atoms with van der Waals surface area (Å²) >= 11 is 0. The van der Waals surface area contributed by atoms with Gasteiger partial charge in [-0.2, -0.15) is 0 Å². The molecule has 0 radical (unpaired) electrons. The molecule has 0 amide bonds. The van der Waals surface area contributed by atoms with Crippen LogP contribution in [0, 0.1) is 5.92 Å². The molecule has 0 aromatic rings. The molecule has 0 saturated heterocycles. The van der Waals surface area contributed by atoms with E-state index in [1.807, 2.05) is 0 Å². The van der Waals surface area contributed by atoms with Crippen LogP contribution in [0.15, 0.2) is 12.7 Å². The number of Topliss-reactive ketones (excluding diaryl/α,β-unsaturated/α-hetero) is 1. The minimum atomic E-state index is 0.363. The fraction of sp³-hybridized carbons (Fsp3) is 0.700. The van der Waals surface area contributed by atoms with E-state index in [4.69, 9.17) is 0 Å². The van der Waals surface area contributed by atoms with Crippen LogP contribution in [0.5, 0.6) is 0 Å². The van der Waals surface area contributed by atoms with Gasteiger partial charge in [-0.1, -0.05) is 25.3 Å². The van der Waals surface area contributed by atoms with Crippen molar-refractivity contribution >= 4 is 5.78 Å². The summed E-state index contributed by atoms with van der Waals surface area (Å²) in [6.07, 6.45) is 8.33. The maximum absolute atomic E-state index is 11.3. The van der Waals surface area contributed by atoms with Crippen molar-refractivity contribution in [1.82, 2.24) is 0 Å². The van der Waals surface area contributed by atoms with Gasteiger partial charge in [-0.25, -0.2) is 0 Å². The second kappa shape index (κ2) is 4.32. The summed E-state index contributed by atoms with van der Waals surface area (Å²) in [5, 5.41) is 0.